The highest BCUT2D eigenvalue weighted by molar-refractivity contribution is 6.47. The van der Waals surface area contributed by atoms with Gasteiger partial charge in [-0.3, -0.25) is 0 Å². The molecule has 1 heterocycles. The summed E-state index contributed by atoms with van der Waals surface area (Å²) in [7, 11) is -1.28. The normalized spacial score (nSPS) is 23.2. The molecule has 0 amide bonds. The van der Waals surface area contributed by atoms with E-state index in [0.717, 1.165) is 31.5 Å². The Labute approximate surface area is 60.9 Å². The number of piperidine rings is 1. The van der Waals surface area contributed by atoms with Crippen LogP contribution in [-0.4, -0.2) is 30.3 Å². The van der Waals surface area contributed by atoms with Gasteiger partial charge < -0.3 is 15.4 Å². The Bertz CT molecular complexity index is 128. The van der Waals surface area contributed by atoms with Crippen LogP contribution in [0, 0.1) is 0 Å². The maximum absolute atomic E-state index is 8.56. The van der Waals surface area contributed by atoms with Gasteiger partial charge in [-0.15, -0.1) is 0 Å². The maximum Gasteiger partial charge on any atom is 0.480 e. The largest absolute Gasteiger partial charge is 0.480 e. The van der Waals surface area contributed by atoms with Gasteiger partial charge in [0.1, 0.15) is 0 Å². The van der Waals surface area contributed by atoms with Crippen molar-refractivity contribution in [2.75, 3.05) is 13.1 Å². The molecule has 1 aliphatic heterocycles. The summed E-state index contributed by atoms with van der Waals surface area (Å²) < 4.78 is 0. The van der Waals surface area contributed by atoms with E-state index in [9.17, 15) is 0 Å². The quantitative estimate of drug-likeness (QED) is 0.423. The monoisotopic (exact) mass is 141 g/mol. The van der Waals surface area contributed by atoms with E-state index in [4.69, 9.17) is 10.0 Å². The fourth-order valence-corrected chi connectivity index (χ4v) is 1.13. The molecule has 10 heavy (non-hydrogen) atoms. The zero-order chi connectivity index (χ0) is 7.40. The van der Waals surface area contributed by atoms with Crippen molar-refractivity contribution in [2.45, 2.75) is 12.8 Å². The van der Waals surface area contributed by atoms with Gasteiger partial charge in [0.25, 0.3) is 0 Å². The van der Waals surface area contributed by atoms with E-state index in [1.807, 2.05) is 0 Å². The minimum atomic E-state index is -1.28. The molecule has 0 aromatic heterocycles. The van der Waals surface area contributed by atoms with Crippen molar-refractivity contribution in [1.29, 1.82) is 0 Å². The van der Waals surface area contributed by atoms with Crippen LogP contribution in [-0.2, 0) is 0 Å². The van der Waals surface area contributed by atoms with Crippen molar-refractivity contribution in [2.24, 2.45) is 0 Å². The lowest BCUT2D eigenvalue weighted by Gasteiger charge is -2.14. The average Bonchev–Trinajstić information content (AvgIpc) is 1.88. The first-order valence-electron chi connectivity index (χ1n) is 3.55. The summed E-state index contributed by atoms with van der Waals surface area (Å²) >= 11 is 0. The second kappa shape index (κ2) is 3.76. The van der Waals surface area contributed by atoms with Gasteiger partial charge >= 0.3 is 7.12 Å². The van der Waals surface area contributed by atoms with E-state index in [2.05, 4.69) is 5.32 Å². The van der Waals surface area contributed by atoms with Crippen LogP contribution in [0.25, 0.3) is 0 Å². The van der Waals surface area contributed by atoms with Gasteiger partial charge in [0.15, 0.2) is 0 Å². The van der Waals surface area contributed by atoms with Crippen LogP contribution in [0.2, 0.25) is 0 Å². The first-order chi connectivity index (χ1) is 4.79. The summed E-state index contributed by atoms with van der Waals surface area (Å²) in [5.41, 5.74) is 1.10. The summed E-state index contributed by atoms with van der Waals surface area (Å²) in [6.45, 7) is 1.84. The van der Waals surface area contributed by atoms with Gasteiger partial charge in [0.05, 0.1) is 0 Å². The molecule has 0 aromatic rings. The first kappa shape index (κ1) is 7.79. The molecule has 0 aromatic carbocycles. The van der Waals surface area contributed by atoms with Crippen LogP contribution in [0.5, 0.6) is 0 Å². The third kappa shape index (κ3) is 2.52. The van der Waals surface area contributed by atoms with Crippen LogP contribution in [0.4, 0.5) is 0 Å². The summed E-state index contributed by atoms with van der Waals surface area (Å²) in [4.78, 5) is 0. The Morgan fingerprint density at radius 3 is 2.80 bits per heavy atom. The van der Waals surface area contributed by atoms with Crippen LogP contribution >= 0.6 is 0 Å². The van der Waals surface area contributed by atoms with E-state index in [1.54, 1.807) is 0 Å². The molecule has 0 spiro atoms. The summed E-state index contributed by atoms with van der Waals surface area (Å²) in [5.74, 6) is 1.49. The second-order valence-electron chi connectivity index (χ2n) is 2.52. The number of nitrogens with one attached hydrogen (secondary N) is 1. The first-order valence-corrected chi connectivity index (χ1v) is 3.55. The smallest absolute Gasteiger partial charge is 0.424 e. The molecule has 1 saturated heterocycles. The highest BCUT2D eigenvalue weighted by Gasteiger charge is 2.08. The van der Waals surface area contributed by atoms with Gasteiger partial charge in [0, 0.05) is 6.54 Å². The zero-order valence-electron chi connectivity index (χ0n) is 5.88. The van der Waals surface area contributed by atoms with Crippen molar-refractivity contribution in [3.8, 4) is 0 Å². The number of hydrogen-bond acceptors (Lipinski definition) is 3. The highest BCUT2D eigenvalue weighted by Crippen LogP contribution is 2.07. The van der Waals surface area contributed by atoms with Crippen molar-refractivity contribution >= 4 is 7.12 Å². The van der Waals surface area contributed by atoms with E-state index >= 15 is 0 Å². The van der Waals surface area contributed by atoms with E-state index < -0.39 is 7.12 Å². The van der Waals surface area contributed by atoms with Gasteiger partial charge in [-0.2, -0.15) is 0 Å². The van der Waals surface area contributed by atoms with Gasteiger partial charge in [-0.1, -0.05) is 11.5 Å². The van der Waals surface area contributed by atoms with E-state index in [0.29, 0.717) is 0 Å². The topological polar surface area (TPSA) is 52.5 Å². The number of hydrogen-bond donors (Lipinski definition) is 3. The molecule has 0 aliphatic carbocycles. The Hall–Kier alpha value is -0.315. The molecular weight excluding hydrogens is 129 g/mol. The van der Waals surface area contributed by atoms with E-state index in [-0.39, 0.29) is 0 Å². The Balaban J connectivity index is 2.37. The minimum absolute atomic E-state index is 0.803. The fourth-order valence-electron chi connectivity index (χ4n) is 1.13. The molecule has 4 heteroatoms. The molecule has 1 fully saturated rings. The summed E-state index contributed by atoms with van der Waals surface area (Å²) in [6, 6.07) is 0. The highest BCUT2D eigenvalue weighted by atomic mass is 16.4. The molecule has 3 nitrogen and oxygen atoms in total. The van der Waals surface area contributed by atoms with Crippen molar-refractivity contribution in [3.05, 3.63) is 11.5 Å². The van der Waals surface area contributed by atoms with E-state index in [1.165, 1.54) is 5.98 Å². The van der Waals surface area contributed by atoms with Gasteiger partial charge in [0.2, 0.25) is 0 Å². The third-order valence-corrected chi connectivity index (χ3v) is 1.59. The molecular formula is C6H12BNO2. The molecule has 0 bridgehead atoms. The maximum atomic E-state index is 8.56. The van der Waals surface area contributed by atoms with Gasteiger partial charge in [-0.25, -0.2) is 0 Å². The molecule has 0 saturated carbocycles. The molecule has 0 unspecified atom stereocenters. The van der Waals surface area contributed by atoms with Crippen LogP contribution < -0.4 is 5.32 Å². The fraction of sp³-hybridized carbons (Fsp3) is 0.667. The Morgan fingerprint density at radius 1 is 1.50 bits per heavy atom. The SMILES string of the molecule is OB(O)/C=C1/CCCNC1. The lowest BCUT2D eigenvalue weighted by Crippen LogP contribution is -2.25. The van der Waals surface area contributed by atoms with Crippen molar-refractivity contribution < 1.29 is 10.0 Å². The second-order valence-corrected chi connectivity index (χ2v) is 2.52. The van der Waals surface area contributed by atoms with Crippen molar-refractivity contribution in [1.82, 2.24) is 5.32 Å². The average molecular weight is 141 g/mol. The van der Waals surface area contributed by atoms with Crippen LogP contribution in [0.15, 0.2) is 11.5 Å². The lowest BCUT2D eigenvalue weighted by molar-refractivity contribution is 0.423. The van der Waals surface area contributed by atoms with Crippen molar-refractivity contribution in [3.63, 3.8) is 0 Å². The molecule has 1 aliphatic rings. The predicted molar refractivity (Wildman–Crippen MR) is 40.4 cm³/mol. The van der Waals surface area contributed by atoms with Gasteiger partial charge in [-0.05, 0) is 19.4 Å². The lowest BCUT2D eigenvalue weighted by atomic mass is 9.86. The summed E-state index contributed by atoms with van der Waals surface area (Å²) in [5, 5.41) is 20.3. The molecule has 1 rings (SSSR count). The molecule has 56 valence electrons. The van der Waals surface area contributed by atoms with Crippen LogP contribution in [0.3, 0.4) is 0 Å². The zero-order valence-corrected chi connectivity index (χ0v) is 5.88. The summed E-state index contributed by atoms with van der Waals surface area (Å²) in [6.07, 6.45) is 2.09. The molecule has 3 N–H and O–H groups in total. The molecule has 0 atom stereocenters. The standard InChI is InChI=1S/C6H12BNO2/c9-7(10)4-6-2-1-3-8-5-6/h4,8-10H,1-3,5H2/b6-4-. The molecule has 0 radical (unpaired) electrons. The number of rotatable bonds is 1. The van der Waals surface area contributed by atoms with Crippen LogP contribution in [0.1, 0.15) is 12.8 Å². The minimum Gasteiger partial charge on any atom is -0.424 e. The predicted octanol–water partition coefficient (Wildman–Crippen LogP) is -0.692. The third-order valence-electron chi connectivity index (χ3n) is 1.59. The Morgan fingerprint density at radius 2 is 2.30 bits per heavy atom. The Kier molecular flexibility index (Phi) is 2.93.